The fourth-order valence-electron chi connectivity index (χ4n) is 1.55. The number of nitrogens with one attached hydrogen (secondary N) is 1. The van der Waals surface area contributed by atoms with Crippen molar-refractivity contribution in [3.8, 4) is 0 Å². The summed E-state index contributed by atoms with van der Waals surface area (Å²) in [6.07, 6.45) is 8.12. The third-order valence-electron chi connectivity index (χ3n) is 2.34. The molecule has 1 unspecified atom stereocenters. The summed E-state index contributed by atoms with van der Waals surface area (Å²) in [6.45, 7) is 0.616. The Kier molecular flexibility index (Phi) is 3.05. The summed E-state index contributed by atoms with van der Waals surface area (Å²) < 4.78 is 7.00. The number of rotatable bonds is 4. The SMILES string of the molecule is COC1=C(Cn2cccn2)C=CC(C=O)N1. The monoisotopic (exact) mass is 219 g/mol. The van der Waals surface area contributed by atoms with E-state index in [1.165, 1.54) is 0 Å². The molecule has 1 N–H and O–H groups in total. The van der Waals surface area contributed by atoms with Crippen LogP contribution < -0.4 is 5.32 Å². The predicted molar refractivity (Wildman–Crippen MR) is 58.4 cm³/mol. The van der Waals surface area contributed by atoms with Gasteiger partial charge < -0.3 is 14.8 Å². The van der Waals surface area contributed by atoms with Gasteiger partial charge in [0.2, 0.25) is 0 Å². The Morgan fingerprint density at radius 1 is 1.69 bits per heavy atom. The lowest BCUT2D eigenvalue weighted by Gasteiger charge is -2.20. The molecule has 1 aromatic heterocycles. The molecule has 0 saturated carbocycles. The molecular formula is C11H13N3O2. The zero-order chi connectivity index (χ0) is 11.4. The van der Waals surface area contributed by atoms with Crippen LogP contribution in [-0.4, -0.2) is 29.2 Å². The van der Waals surface area contributed by atoms with Crippen LogP contribution in [0.5, 0.6) is 0 Å². The first kappa shape index (κ1) is 10.5. The van der Waals surface area contributed by atoms with Crippen LogP contribution in [-0.2, 0) is 16.1 Å². The molecule has 2 heterocycles. The van der Waals surface area contributed by atoms with E-state index in [1.807, 2.05) is 18.3 Å². The van der Waals surface area contributed by atoms with Crippen molar-refractivity contribution in [1.29, 1.82) is 0 Å². The molecule has 0 amide bonds. The second kappa shape index (κ2) is 4.65. The smallest absolute Gasteiger partial charge is 0.192 e. The highest BCUT2D eigenvalue weighted by Gasteiger charge is 2.15. The van der Waals surface area contributed by atoms with Crippen molar-refractivity contribution in [2.45, 2.75) is 12.6 Å². The van der Waals surface area contributed by atoms with Crippen molar-refractivity contribution in [3.63, 3.8) is 0 Å². The average molecular weight is 219 g/mol. The average Bonchev–Trinajstić information content (AvgIpc) is 2.82. The molecule has 0 saturated heterocycles. The van der Waals surface area contributed by atoms with Gasteiger partial charge in [0.05, 0.1) is 13.7 Å². The van der Waals surface area contributed by atoms with Gasteiger partial charge in [-0.1, -0.05) is 12.2 Å². The van der Waals surface area contributed by atoms with Gasteiger partial charge in [-0.2, -0.15) is 5.10 Å². The van der Waals surface area contributed by atoms with E-state index in [0.29, 0.717) is 12.4 Å². The molecule has 1 aromatic rings. The van der Waals surface area contributed by atoms with Crippen LogP contribution in [0.4, 0.5) is 0 Å². The number of hydrogen-bond donors (Lipinski definition) is 1. The highest BCUT2D eigenvalue weighted by atomic mass is 16.5. The molecule has 0 radical (unpaired) electrons. The van der Waals surface area contributed by atoms with E-state index in [2.05, 4.69) is 10.4 Å². The fraction of sp³-hybridized carbons (Fsp3) is 0.273. The topological polar surface area (TPSA) is 56.2 Å². The van der Waals surface area contributed by atoms with Crippen LogP contribution in [0.3, 0.4) is 0 Å². The highest BCUT2D eigenvalue weighted by molar-refractivity contribution is 5.62. The zero-order valence-electron chi connectivity index (χ0n) is 8.96. The van der Waals surface area contributed by atoms with Crippen LogP contribution in [0, 0.1) is 0 Å². The Bertz CT molecular complexity index is 420. The van der Waals surface area contributed by atoms with E-state index >= 15 is 0 Å². The molecule has 0 fully saturated rings. The van der Waals surface area contributed by atoms with Gasteiger partial charge in [0, 0.05) is 18.0 Å². The molecule has 5 heteroatoms. The van der Waals surface area contributed by atoms with E-state index in [-0.39, 0.29) is 6.04 Å². The lowest BCUT2D eigenvalue weighted by molar-refractivity contribution is -0.108. The number of ether oxygens (including phenoxy) is 1. The van der Waals surface area contributed by atoms with E-state index in [4.69, 9.17) is 4.74 Å². The number of allylic oxidation sites excluding steroid dienone is 2. The first-order chi connectivity index (χ1) is 7.83. The van der Waals surface area contributed by atoms with E-state index in [9.17, 15) is 4.79 Å². The molecule has 1 atom stereocenters. The third kappa shape index (κ3) is 2.13. The van der Waals surface area contributed by atoms with E-state index < -0.39 is 0 Å². The lowest BCUT2D eigenvalue weighted by Crippen LogP contribution is -2.32. The second-order valence-electron chi connectivity index (χ2n) is 3.43. The normalized spacial score (nSPS) is 19.4. The quantitative estimate of drug-likeness (QED) is 0.748. The van der Waals surface area contributed by atoms with Crippen LogP contribution in [0.25, 0.3) is 0 Å². The fourth-order valence-corrected chi connectivity index (χ4v) is 1.55. The van der Waals surface area contributed by atoms with Crippen LogP contribution in [0.2, 0.25) is 0 Å². The van der Waals surface area contributed by atoms with Gasteiger partial charge in [0.15, 0.2) is 5.88 Å². The largest absolute Gasteiger partial charge is 0.482 e. The molecule has 0 aliphatic carbocycles. The number of hydrogen-bond acceptors (Lipinski definition) is 4. The van der Waals surface area contributed by atoms with Crippen LogP contribution in [0.1, 0.15) is 0 Å². The molecule has 0 aromatic carbocycles. The number of nitrogens with zero attached hydrogens (tertiary/aromatic N) is 2. The summed E-state index contributed by atoms with van der Waals surface area (Å²) in [5.74, 6) is 0.620. The Morgan fingerprint density at radius 2 is 2.56 bits per heavy atom. The Balaban J connectivity index is 2.16. The van der Waals surface area contributed by atoms with Gasteiger partial charge >= 0.3 is 0 Å². The van der Waals surface area contributed by atoms with E-state index in [0.717, 1.165) is 11.9 Å². The van der Waals surface area contributed by atoms with Gasteiger partial charge in [-0.15, -0.1) is 0 Å². The van der Waals surface area contributed by atoms with Gasteiger partial charge in [0.25, 0.3) is 0 Å². The van der Waals surface area contributed by atoms with E-state index in [1.54, 1.807) is 24.1 Å². The number of aromatic nitrogens is 2. The maximum atomic E-state index is 10.6. The zero-order valence-corrected chi connectivity index (χ0v) is 8.96. The molecule has 0 bridgehead atoms. The van der Waals surface area contributed by atoms with Crippen molar-refractivity contribution < 1.29 is 9.53 Å². The Hall–Kier alpha value is -2.04. The summed E-state index contributed by atoms with van der Waals surface area (Å²) in [7, 11) is 1.58. The molecule has 84 valence electrons. The van der Waals surface area contributed by atoms with Crippen molar-refractivity contribution in [2.24, 2.45) is 0 Å². The summed E-state index contributed by atoms with van der Waals surface area (Å²) in [5, 5.41) is 7.09. The van der Waals surface area contributed by atoms with Crippen LogP contribution >= 0.6 is 0 Å². The van der Waals surface area contributed by atoms with Gasteiger partial charge in [-0.3, -0.25) is 4.68 Å². The minimum atomic E-state index is -0.309. The Labute approximate surface area is 93.4 Å². The molecule has 5 nitrogen and oxygen atoms in total. The third-order valence-corrected chi connectivity index (χ3v) is 2.34. The minimum absolute atomic E-state index is 0.309. The number of dihydropyridines is 1. The summed E-state index contributed by atoms with van der Waals surface area (Å²) >= 11 is 0. The summed E-state index contributed by atoms with van der Waals surface area (Å²) in [4.78, 5) is 10.6. The first-order valence-electron chi connectivity index (χ1n) is 4.98. The van der Waals surface area contributed by atoms with Gasteiger partial charge in [0.1, 0.15) is 12.3 Å². The lowest BCUT2D eigenvalue weighted by atomic mass is 10.1. The van der Waals surface area contributed by atoms with Crippen molar-refractivity contribution in [1.82, 2.24) is 15.1 Å². The second-order valence-corrected chi connectivity index (χ2v) is 3.43. The number of carbonyl (C=O) groups is 1. The van der Waals surface area contributed by atoms with Crippen LogP contribution in [0.15, 0.2) is 42.1 Å². The highest BCUT2D eigenvalue weighted by Crippen LogP contribution is 2.13. The molecule has 1 aliphatic heterocycles. The summed E-state index contributed by atoms with van der Waals surface area (Å²) in [6, 6.07) is 1.55. The number of aldehydes is 1. The minimum Gasteiger partial charge on any atom is -0.482 e. The standard InChI is InChI=1S/C11H13N3O2/c1-16-11-9(3-4-10(8-15)13-11)7-14-6-2-5-12-14/h2-6,8,10,13H,7H2,1H3. The summed E-state index contributed by atoms with van der Waals surface area (Å²) in [5.41, 5.74) is 0.962. The Morgan fingerprint density at radius 3 is 3.19 bits per heavy atom. The molecule has 2 rings (SSSR count). The maximum absolute atomic E-state index is 10.6. The predicted octanol–water partition coefficient (Wildman–Crippen LogP) is 0.468. The number of carbonyl (C=O) groups excluding carboxylic acids is 1. The molecule has 0 spiro atoms. The van der Waals surface area contributed by atoms with Crippen molar-refractivity contribution >= 4 is 6.29 Å². The van der Waals surface area contributed by atoms with Crippen molar-refractivity contribution in [3.05, 3.63) is 42.1 Å². The number of methoxy groups -OCH3 is 1. The van der Waals surface area contributed by atoms with Gasteiger partial charge in [-0.25, -0.2) is 0 Å². The van der Waals surface area contributed by atoms with Gasteiger partial charge in [-0.05, 0) is 6.07 Å². The maximum Gasteiger partial charge on any atom is 0.192 e. The molecule has 1 aliphatic rings. The molecule has 16 heavy (non-hydrogen) atoms. The van der Waals surface area contributed by atoms with Crippen molar-refractivity contribution in [2.75, 3.05) is 7.11 Å². The molecular weight excluding hydrogens is 206 g/mol. The first-order valence-corrected chi connectivity index (χ1v) is 4.98.